The van der Waals surface area contributed by atoms with E-state index in [0.717, 1.165) is 12.1 Å². The normalized spacial score (nSPS) is 35.5. The van der Waals surface area contributed by atoms with Crippen molar-refractivity contribution in [3.63, 3.8) is 0 Å². The Morgan fingerprint density at radius 3 is 2.92 bits per heavy atom. The molecule has 4 heterocycles. The van der Waals surface area contributed by atoms with Crippen LogP contribution in [0.5, 0.6) is 0 Å². The van der Waals surface area contributed by atoms with Gasteiger partial charge in [0, 0.05) is 31.5 Å². The summed E-state index contributed by atoms with van der Waals surface area (Å²) in [7, 11) is 0. The average molecular weight is 366 g/mol. The van der Waals surface area contributed by atoms with Gasteiger partial charge >= 0.3 is 5.97 Å². The summed E-state index contributed by atoms with van der Waals surface area (Å²) in [6.07, 6.45) is 5.93. The smallest absolute Gasteiger partial charge is 0.302 e. The summed E-state index contributed by atoms with van der Waals surface area (Å²) in [5.74, 6) is 0.729. The minimum Gasteiger partial charge on any atom is -0.465 e. The predicted molar refractivity (Wildman–Crippen MR) is 96.2 cm³/mol. The van der Waals surface area contributed by atoms with Crippen molar-refractivity contribution < 1.29 is 9.53 Å². The third-order valence-electron chi connectivity index (χ3n) is 5.84. The Morgan fingerprint density at radius 1 is 1.33 bits per heavy atom. The molecule has 0 spiro atoms. The van der Waals surface area contributed by atoms with E-state index in [4.69, 9.17) is 27.9 Å². The molecule has 4 saturated heterocycles. The van der Waals surface area contributed by atoms with E-state index in [9.17, 15) is 4.79 Å². The minimum absolute atomic E-state index is 0.184. The second-order valence-corrected chi connectivity index (χ2v) is 7.99. The first-order valence-corrected chi connectivity index (χ1v) is 9.33. The summed E-state index contributed by atoms with van der Waals surface area (Å²) in [5.41, 5.74) is 2.52. The third-order valence-corrected chi connectivity index (χ3v) is 6.58. The minimum atomic E-state index is -0.184. The molecule has 1 unspecified atom stereocenters. The zero-order valence-corrected chi connectivity index (χ0v) is 15.2. The zero-order chi connectivity index (χ0) is 16.8. The van der Waals surface area contributed by atoms with E-state index >= 15 is 0 Å². The van der Waals surface area contributed by atoms with Gasteiger partial charge in [0.1, 0.15) is 0 Å². The van der Waals surface area contributed by atoms with Crippen molar-refractivity contribution in [2.24, 2.45) is 11.8 Å². The topological polar surface area (TPSA) is 29.5 Å². The van der Waals surface area contributed by atoms with Crippen LogP contribution in [0.3, 0.4) is 0 Å². The van der Waals surface area contributed by atoms with Crippen LogP contribution in [0.1, 0.15) is 31.7 Å². The maximum absolute atomic E-state index is 11.3. The summed E-state index contributed by atoms with van der Waals surface area (Å²) in [5, 5.41) is 1.17. The number of rotatable bonds is 3. The number of halogens is 2. The Balaban J connectivity index is 1.61. The highest BCUT2D eigenvalue weighted by Gasteiger charge is 2.52. The first-order valence-electron chi connectivity index (χ1n) is 8.57. The lowest BCUT2D eigenvalue weighted by Crippen LogP contribution is -2.57. The van der Waals surface area contributed by atoms with Crippen LogP contribution in [-0.4, -0.2) is 36.1 Å². The Hall–Kier alpha value is -1.03. The molecule has 0 aliphatic carbocycles. The quantitative estimate of drug-likeness (QED) is 0.742. The van der Waals surface area contributed by atoms with E-state index in [2.05, 4.69) is 11.0 Å². The zero-order valence-electron chi connectivity index (χ0n) is 13.7. The molecule has 4 aliphatic rings. The molecule has 24 heavy (non-hydrogen) atoms. The molecule has 0 aromatic heterocycles. The van der Waals surface area contributed by atoms with Crippen molar-refractivity contribution in [3.05, 3.63) is 39.4 Å². The van der Waals surface area contributed by atoms with Gasteiger partial charge in [0.05, 0.1) is 16.7 Å². The average Bonchev–Trinajstić information content (AvgIpc) is 2.86. The summed E-state index contributed by atoms with van der Waals surface area (Å²) in [6, 6.07) is 7.05. The number of hydrogen-bond donors (Lipinski definition) is 0. The van der Waals surface area contributed by atoms with Crippen LogP contribution < -0.4 is 0 Å². The predicted octanol–water partition coefficient (Wildman–Crippen LogP) is 4.42. The van der Waals surface area contributed by atoms with Gasteiger partial charge in [-0.2, -0.15) is 0 Å². The number of fused-ring (bicyclic) bond motifs is 1. The molecule has 0 saturated carbocycles. The van der Waals surface area contributed by atoms with Crippen LogP contribution in [0.4, 0.5) is 0 Å². The molecule has 5 rings (SSSR count). The fraction of sp³-hybridized carbons (Fsp3) is 0.526. The molecule has 1 aromatic carbocycles. The lowest BCUT2D eigenvalue weighted by Gasteiger charge is -2.51. The van der Waals surface area contributed by atoms with Gasteiger partial charge < -0.3 is 4.74 Å². The summed E-state index contributed by atoms with van der Waals surface area (Å²) in [6.45, 7) is 3.05. The number of ether oxygens (including phenoxy) is 1. The molecule has 1 aromatic rings. The first-order chi connectivity index (χ1) is 11.5. The first kappa shape index (κ1) is 16.4. The molecule has 5 atom stereocenters. The monoisotopic (exact) mass is 365 g/mol. The highest BCUT2D eigenvalue weighted by molar-refractivity contribution is 6.42. The number of piperidine rings is 3. The van der Waals surface area contributed by atoms with Crippen LogP contribution in [0, 0.1) is 11.8 Å². The molecule has 0 N–H and O–H groups in total. The van der Waals surface area contributed by atoms with Gasteiger partial charge in [-0.3, -0.25) is 9.69 Å². The number of esters is 1. The second-order valence-electron chi connectivity index (χ2n) is 7.17. The summed E-state index contributed by atoms with van der Waals surface area (Å²) >= 11 is 12.2. The van der Waals surface area contributed by atoms with E-state index in [1.807, 2.05) is 18.2 Å². The molecule has 4 bridgehead atoms. The molecular formula is C19H21Cl2NO2. The van der Waals surface area contributed by atoms with E-state index in [1.54, 1.807) is 0 Å². The molecule has 0 radical (unpaired) electrons. The van der Waals surface area contributed by atoms with Crippen LogP contribution in [-0.2, 0) is 9.53 Å². The van der Waals surface area contributed by atoms with Crippen molar-refractivity contribution in [2.75, 3.05) is 13.2 Å². The van der Waals surface area contributed by atoms with Gasteiger partial charge in [0.25, 0.3) is 0 Å². The van der Waals surface area contributed by atoms with E-state index in [1.165, 1.54) is 31.8 Å². The lowest BCUT2D eigenvalue weighted by molar-refractivity contribution is -0.145. The van der Waals surface area contributed by atoms with Gasteiger partial charge in [-0.1, -0.05) is 40.9 Å². The number of carbonyl (C=O) groups is 1. The largest absolute Gasteiger partial charge is 0.465 e. The van der Waals surface area contributed by atoms with Crippen LogP contribution >= 0.6 is 23.2 Å². The van der Waals surface area contributed by atoms with E-state index in [-0.39, 0.29) is 5.97 Å². The Kier molecular flexibility index (Phi) is 4.36. The molecule has 0 amide bonds. The lowest BCUT2D eigenvalue weighted by atomic mass is 9.71. The summed E-state index contributed by atoms with van der Waals surface area (Å²) in [4.78, 5) is 13.9. The van der Waals surface area contributed by atoms with Crippen molar-refractivity contribution in [2.45, 2.75) is 38.3 Å². The van der Waals surface area contributed by atoms with Crippen molar-refractivity contribution in [1.29, 1.82) is 0 Å². The van der Waals surface area contributed by atoms with E-state index in [0.29, 0.717) is 40.6 Å². The number of benzene rings is 1. The Labute approximate surface area is 152 Å². The second kappa shape index (κ2) is 6.36. The van der Waals surface area contributed by atoms with Crippen molar-refractivity contribution in [1.82, 2.24) is 4.90 Å². The van der Waals surface area contributed by atoms with Gasteiger partial charge in [-0.05, 0) is 42.9 Å². The van der Waals surface area contributed by atoms with Gasteiger partial charge in [0.2, 0.25) is 0 Å². The highest BCUT2D eigenvalue weighted by atomic mass is 35.5. The van der Waals surface area contributed by atoms with Gasteiger partial charge in [-0.25, -0.2) is 0 Å². The SMILES string of the molecule is CC(=O)OC[C@H]1[C@@H]2C[C@@H]3CC[C@H]1N3C/C2=C\c1ccc(Cl)c(Cl)c1. The van der Waals surface area contributed by atoms with E-state index < -0.39 is 0 Å². The third kappa shape index (κ3) is 2.87. The fourth-order valence-corrected chi connectivity index (χ4v) is 5.13. The molecule has 3 nitrogen and oxygen atoms in total. The number of nitrogens with zero attached hydrogens (tertiary/aromatic N) is 1. The van der Waals surface area contributed by atoms with Crippen LogP contribution in [0.15, 0.2) is 23.8 Å². The highest BCUT2D eigenvalue weighted by Crippen LogP contribution is 2.50. The summed E-state index contributed by atoms with van der Waals surface area (Å²) < 4.78 is 5.39. The van der Waals surface area contributed by atoms with Gasteiger partial charge in [-0.15, -0.1) is 0 Å². The van der Waals surface area contributed by atoms with Crippen molar-refractivity contribution >= 4 is 35.2 Å². The number of carbonyl (C=O) groups excluding carboxylic acids is 1. The van der Waals surface area contributed by atoms with Crippen LogP contribution in [0.25, 0.3) is 6.08 Å². The molecule has 5 heteroatoms. The number of hydrogen-bond acceptors (Lipinski definition) is 3. The molecule has 4 aliphatic heterocycles. The maximum atomic E-state index is 11.3. The molecular weight excluding hydrogens is 345 g/mol. The Bertz CT molecular complexity index is 703. The Morgan fingerprint density at radius 2 is 2.17 bits per heavy atom. The van der Waals surface area contributed by atoms with Crippen molar-refractivity contribution in [3.8, 4) is 0 Å². The standard InChI is InChI=1S/C19H21Cl2NO2/c1-11(23)24-10-16-15-8-14-3-5-19(16)22(14)9-13(15)6-12-2-4-17(20)18(21)7-12/h2,4,6-7,14-16,19H,3,5,8-10H2,1H3/b13-6+/t14-,15+,16-,19+/m0/s1. The van der Waals surface area contributed by atoms with Gasteiger partial charge in [0.15, 0.2) is 0 Å². The fourth-order valence-electron chi connectivity index (χ4n) is 4.83. The maximum Gasteiger partial charge on any atom is 0.302 e. The van der Waals surface area contributed by atoms with Crippen LogP contribution in [0.2, 0.25) is 10.0 Å². The molecule has 4 fully saturated rings. The molecule has 128 valence electrons.